The molecule has 2 aliphatic rings. The fraction of sp³-hybridized carbons (Fsp3) is 0.400. The second-order valence-electron chi connectivity index (χ2n) is 9.63. The predicted octanol–water partition coefficient (Wildman–Crippen LogP) is 4.50. The number of likely N-dealkylation sites (N-methyl/N-ethyl adjacent to an activating group) is 1. The second kappa shape index (κ2) is 12.6. The van der Waals surface area contributed by atoms with Gasteiger partial charge < -0.3 is 19.8 Å². The van der Waals surface area contributed by atoms with E-state index in [9.17, 15) is 35.8 Å². The maximum atomic E-state index is 11.6. The molecular formula is C25H30ClN3O8S4. The molecular weight excluding hydrogens is 634 g/mol. The van der Waals surface area contributed by atoms with Crippen LogP contribution in [0.3, 0.4) is 0 Å². The number of hydrogen-bond acceptors (Lipinski definition) is 10. The molecule has 2 aromatic carbocycles. The van der Waals surface area contributed by atoms with Gasteiger partial charge in [0.05, 0.1) is 27.9 Å². The fourth-order valence-electron chi connectivity index (χ4n) is 4.51. The number of rotatable bonds is 12. The third kappa shape index (κ3) is 8.03. The molecule has 0 aromatic heterocycles. The quantitative estimate of drug-likeness (QED) is 0.273. The fourth-order valence-corrected chi connectivity index (χ4v) is 8.13. The van der Waals surface area contributed by atoms with E-state index < -0.39 is 38.0 Å². The monoisotopic (exact) mass is 663 g/mol. The van der Waals surface area contributed by atoms with Gasteiger partial charge in [0.15, 0.2) is 0 Å². The lowest BCUT2D eigenvalue weighted by atomic mass is 10.2. The molecule has 2 unspecified atom stereocenters. The Morgan fingerprint density at radius 2 is 1.66 bits per heavy atom. The molecule has 0 amide bonds. The highest BCUT2D eigenvalue weighted by Gasteiger charge is 2.33. The molecule has 2 heterocycles. The summed E-state index contributed by atoms with van der Waals surface area (Å²) in [5, 5.41) is 10.5. The van der Waals surface area contributed by atoms with Gasteiger partial charge in [0.2, 0.25) is 0 Å². The Labute approximate surface area is 253 Å². The van der Waals surface area contributed by atoms with E-state index in [1.165, 1.54) is 11.8 Å². The first-order valence-corrected chi connectivity index (χ1v) is 17.8. The highest BCUT2D eigenvalue weighted by molar-refractivity contribution is 8.04. The lowest BCUT2D eigenvalue weighted by Crippen LogP contribution is -2.35. The molecule has 11 nitrogen and oxygen atoms in total. The average molecular weight is 664 g/mol. The van der Waals surface area contributed by atoms with Crippen molar-refractivity contribution in [2.45, 2.75) is 41.0 Å². The van der Waals surface area contributed by atoms with Crippen LogP contribution in [0.5, 0.6) is 0 Å². The van der Waals surface area contributed by atoms with Gasteiger partial charge in [0.25, 0.3) is 20.2 Å². The zero-order valence-corrected chi connectivity index (χ0v) is 26.2. The Morgan fingerprint density at radius 3 is 2.29 bits per heavy atom. The van der Waals surface area contributed by atoms with Crippen LogP contribution in [0, 0.1) is 0 Å². The van der Waals surface area contributed by atoms with Gasteiger partial charge in [-0.25, -0.2) is 4.79 Å². The molecule has 224 valence electrons. The number of halogens is 1. The molecule has 16 heteroatoms. The van der Waals surface area contributed by atoms with E-state index in [1.807, 2.05) is 46.2 Å². The van der Waals surface area contributed by atoms with E-state index in [1.54, 1.807) is 36.7 Å². The number of aliphatic carboxylic acids is 1. The first-order valence-electron chi connectivity index (χ1n) is 12.5. The smallest absolute Gasteiger partial charge is 0.326 e. The molecule has 4 rings (SSSR count). The molecule has 0 radical (unpaired) electrons. The van der Waals surface area contributed by atoms with Crippen LogP contribution in [0.15, 0.2) is 57.3 Å². The van der Waals surface area contributed by atoms with E-state index in [4.69, 9.17) is 11.6 Å². The third-order valence-corrected chi connectivity index (χ3v) is 10.9. The lowest BCUT2D eigenvalue weighted by molar-refractivity contribution is -0.138. The number of benzene rings is 2. The van der Waals surface area contributed by atoms with Crippen LogP contribution in [0.2, 0.25) is 5.02 Å². The number of fused-ring (bicyclic) bond motifs is 2. The summed E-state index contributed by atoms with van der Waals surface area (Å²) in [6, 6.07) is 10.3. The molecule has 0 saturated carbocycles. The van der Waals surface area contributed by atoms with Crippen molar-refractivity contribution in [1.29, 1.82) is 0 Å². The summed E-state index contributed by atoms with van der Waals surface area (Å²) < 4.78 is 64.1. The van der Waals surface area contributed by atoms with E-state index in [-0.39, 0.29) is 30.5 Å². The molecule has 41 heavy (non-hydrogen) atoms. The first kappa shape index (κ1) is 31.8. The van der Waals surface area contributed by atoms with Crippen molar-refractivity contribution in [2.75, 3.05) is 46.3 Å². The van der Waals surface area contributed by atoms with Crippen molar-refractivity contribution in [3.05, 3.63) is 52.5 Å². The van der Waals surface area contributed by atoms with Gasteiger partial charge in [0, 0.05) is 40.6 Å². The lowest BCUT2D eigenvalue weighted by Gasteiger charge is -2.28. The Kier molecular flexibility index (Phi) is 9.78. The third-order valence-electron chi connectivity index (χ3n) is 6.72. The van der Waals surface area contributed by atoms with Crippen LogP contribution < -0.4 is 14.7 Å². The predicted molar refractivity (Wildman–Crippen MR) is 164 cm³/mol. The second-order valence-corrected chi connectivity index (χ2v) is 15.4. The molecule has 2 aromatic rings. The highest BCUT2D eigenvalue weighted by atomic mass is 35.5. The van der Waals surface area contributed by atoms with Crippen LogP contribution in [0.1, 0.15) is 19.8 Å². The van der Waals surface area contributed by atoms with Gasteiger partial charge in [0.1, 0.15) is 11.4 Å². The topological polar surface area (TPSA) is 156 Å². The Bertz CT molecular complexity index is 1570. The van der Waals surface area contributed by atoms with Gasteiger partial charge in [-0.2, -0.15) is 16.8 Å². The standard InChI is InChI=1S/C25H30ClN3O8S4/c1-16(25(30)31)27(2)18-6-8-22-20(14-18)29(10-4-12-41(35,36)37)24(39-22)15-23-28(9-3-11-40(32,33)34)19-13-17(26)5-7-21(19)38-23/h5-8,13-16,23H,3-4,9-12H2,1-2H3,(H,30,31)(H,32,33,34)(H,35,36,37). The van der Waals surface area contributed by atoms with Crippen LogP contribution in [0.4, 0.5) is 17.1 Å². The van der Waals surface area contributed by atoms with Crippen LogP contribution in [-0.2, 0) is 25.0 Å². The number of anilines is 3. The summed E-state index contributed by atoms with van der Waals surface area (Å²) in [4.78, 5) is 19.0. The van der Waals surface area contributed by atoms with Crippen molar-refractivity contribution in [3.8, 4) is 0 Å². The zero-order valence-electron chi connectivity index (χ0n) is 22.2. The number of nitrogens with zero attached hydrogens (tertiary/aromatic N) is 3. The van der Waals surface area contributed by atoms with E-state index in [2.05, 4.69) is 0 Å². The average Bonchev–Trinajstić information content (AvgIpc) is 3.38. The number of thioether (sulfide) groups is 2. The minimum absolute atomic E-state index is 0.146. The van der Waals surface area contributed by atoms with Gasteiger partial charge in [-0.05, 0) is 62.2 Å². The van der Waals surface area contributed by atoms with Gasteiger partial charge in [-0.15, -0.1) is 0 Å². The van der Waals surface area contributed by atoms with Crippen molar-refractivity contribution in [2.24, 2.45) is 0 Å². The minimum atomic E-state index is -4.17. The summed E-state index contributed by atoms with van der Waals surface area (Å²) in [7, 11) is -6.61. The van der Waals surface area contributed by atoms with Crippen molar-refractivity contribution in [1.82, 2.24) is 0 Å². The molecule has 0 aliphatic carbocycles. The Morgan fingerprint density at radius 1 is 1.02 bits per heavy atom. The van der Waals surface area contributed by atoms with Crippen molar-refractivity contribution >= 4 is 78.4 Å². The summed E-state index contributed by atoms with van der Waals surface area (Å²) >= 11 is 9.29. The normalized spacial score (nSPS) is 18.5. The SMILES string of the molecule is CC(C(=O)O)N(C)c1ccc2c(c1)N(CCCS(=O)(=O)O)C(=CC1Sc3ccc(Cl)cc3N1CCCS(=O)(=O)O)S2. The molecule has 0 bridgehead atoms. The molecule has 2 atom stereocenters. The molecule has 0 spiro atoms. The van der Waals surface area contributed by atoms with E-state index in [0.29, 0.717) is 17.3 Å². The van der Waals surface area contributed by atoms with Gasteiger partial charge >= 0.3 is 5.97 Å². The summed E-state index contributed by atoms with van der Waals surface area (Å²) in [5.74, 6) is -1.78. The highest BCUT2D eigenvalue weighted by Crippen LogP contribution is 2.51. The number of carbonyl (C=O) groups is 1. The van der Waals surface area contributed by atoms with Crippen LogP contribution in [-0.4, -0.2) is 80.1 Å². The van der Waals surface area contributed by atoms with E-state index in [0.717, 1.165) is 26.2 Å². The van der Waals surface area contributed by atoms with E-state index >= 15 is 0 Å². The summed E-state index contributed by atoms with van der Waals surface area (Å²) in [6.07, 6.45) is 2.34. The number of carboxylic acid groups (broad SMARTS) is 1. The molecule has 3 N–H and O–H groups in total. The molecule has 0 saturated heterocycles. The summed E-state index contributed by atoms with van der Waals surface area (Å²) in [5.41, 5.74) is 2.29. The van der Waals surface area contributed by atoms with Gasteiger partial charge in [-0.1, -0.05) is 35.1 Å². The molecule has 0 fully saturated rings. The Hall–Kier alpha value is -2.14. The minimum Gasteiger partial charge on any atom is -0.480 e. The largest absolute Gasteiger partial charge is 0.480 e. The van der Waals surface area contributed by atoms with Gasteiger partial charge in [-0.3, -0.25) is 9.11 Å². The van der Waals surface area contributed by atoms with Crippen molar-refractivity contribution in [3.63, 3.8) is 0 Å². The van der Waals surface area contributed by atoms with Crippen LogP contribution in [0.25, 0.3) is 0 Å². The van der Waals surface area contributed by atoms with Crippen molar-refractivity contribution < 1.29 is 35.8 Å². The van der Waals surface area contributed by atoms with Crippen LogP contribution >= 0.6 is 35.1 Å². The maximum Gasteiger partial charge on any atom is 0.326 e. The first-order chi connectivity index (χ1) is 19.1. The zero-order chi connectivity index (χ0) is 30.1. The number of carboxylic acids is 1. The molecule has 2 aliphatic heterocycles. The summed E-state index contributed by atoms with van der Waals surface area (Å²) in [6.45, 7) is 2.18. The Balaban J connectivity index is 1.68. The maximum absolute atomic E-state index is 11.6. The number of hydrogen-bond donors (Lipinski definition) is 3.